The zero-order valence-electron chi connectivity index (χ0n) is 35.1. The van der Waals surface area contributed by atoms with Crippen LogP contribution in [0.15, 0.2) is 95.9 Å². The second kappa shape index (κ2) is 16.8. The van der Waals surface area contributed by atoms with Gasteiger partial charge in [0.2, 0.25) is 5.91 Å². The highest BCUT2D eigenvalue weighted by molar-refractivity contribution is 8.02. The van der Waals surface area contributed by atoms with Gasteiger partial charge in [-0.05, 0) is 66.7 Å². The van der Waals surface area contributed by atoms with Crippen LogP contribution in [0.2, 0.25) is 0 Å². The number of aliphatic hydroxyl groups is 1. The van der Waals surface area contributed by atoms with E-state index in [1.54, 1.807) is 36.3 Å². The minimum Gasteiger partial charge on any atom is -0.384 e. The number of rotatable bonds is 12. The molecule has 1 saturated heterocycles. The number of anilines is 1. The van der Waals surface area contributed by atoms with E-state index in [4.69, 9.17) is 13.0 Å². The highest BCUT2D eigenvalue weighted by Gasteiger charge is 2.33. The zero-order chi connectivity index (χ0) is 43.0. The first kappa shape index (κ1) is 31.2. The molecule has 1 N–H and O–H groups in total. The minimum absolute atomic E-state index is 0.0433. The Kier molecular flexibility index (Phi) is 9.90. The van der Waals surface area contributed by atoms with Gasteiger partial charge in [0.1, 0.15) is 12.6 Å². The van der Waals surface area contributed by atoms with Crippen molar-refractivity contribution >= 4 is 23.4 Å². The highest BCUT2D eigenvalue weighted by atomic mass is 32.2. The average molecular weight is 758 g/mol. The smallest absolute Gasteiger partial charge is 0.384 e. The fraction of sp³-hybridized carbons (Fsp3) is 0.341. The van der Waals surface area contributed by atoms with Gasteiger partial charge < -0.3 is 24.5 Å². The number of benzene rings is 4. The third kappa shape index (κ3) is 9.29. The van der Waals surface area contributed by atoms with Crippen LogP contribution >= 0.6 is 11.8 Å². The molecule has 0 saturated carbocycles. The number of methoxy groups -OCH3 is 1. The Morgan fingerprint density at radius 1 is 1.04 bits per heavy atom. The number of nitrogens with zero attached hydrogens (tertiary/aromatic N) is 3. The molecular formula is C41H42F5N3O3S. The van der Waals surface area contributed by atoms with Gasteiger partial charge in [0.05, 0.1) is 22.7 Å². The number of likely N-dealkylation sites (tertiary alicyclic amines) is 1. The Balaban J connectivity index is 1.38. The number of alkyl halides is 3. The summed E-state index contributed by atoms with van der Waals surface area (Å²) in [6.07, 6.45) is -5.26. The minimum atomic E-state index is -4.48. The van der Waals surface area contributed by atoms with E-state index in [0.717, 1.165) is 35.2 Å². The van der Waals surface area contributed by atoms with Gasteiger partial charge >= 0.3 is 6.18 Å². The summed E-state index contributed by atoms with van der Waals surface area (Å²) in [7, 11) is 1.61. The van der Waals surface area contributed by atoms with Gasteiger partial charge in [0, 0.05) is 64.6 Å². The van der Waals surface area contributed by atoms with Gasteiger partial charge in [-0.15, -0.1) is 11.8 Å². The SMILES string of the molecule is [2H]C1=C(SC([2H])([2H])c2cccc(F)c2F)N(CC(=O)N(Cc2ccc(-c3ccc(C(F)(F)F)cc3)cc2)C2CCN(CCOC)CC2)c2c([2H])c([2H])c(C)c([2H])c2C1O. The van der Waals surface area contributed by atoms with Crippen molar-refractivity contribution in [3.05, 3.63) is 135 Å². The van der Waals surface area contributed by atoms with Crippen molar-refractivity contribution in [1.29, 1.82) is 0 Å². The summed E-state index contributed by atoms with van der Waals surface area (Å²) in [6.45, 7) is 3.27. The van der Waals surface area contributed by atoms with Crippen LogP contribution in [0.3, 0.4) is 0 Å². The predicted octanol–water partition coefficient (Wildman–Crippen LogP) is 8.73. The van der Waals surface area contributed by atoms with E-state index in [-0.39, 0.29) is 53.2 Å². The summed E-state index contributed by atoms with van der Waals surface area (Å²) in [4.78, 5) is 19.8. The molecule has 53 heavy (non-hydrogen) atoms. The number of ether oxygens (including phenoxy) is 1. The fourth-order valence-electron chi connectivity index (χ4n) is 6.39. The standard InChI is InChI=1S/C41H42F5N3O3S/c1-27-6-15-36-34(22-27)37(50)23-39(53-26-31-4-3-5-35(42)40(31)43)49(36)25-38(51)48(33-16-18-47(19-17-33)20-21-52-2)24-28-7-9-29(10-8-28)30-11-13-32(14-12-30)41(44,45)46/h3-15,22-23,33,37,50H,16-21,24-26H2,1-2H3/i6D,15D,22D,23D,26D2. The summed E-state index contributed by atoms with van der Waals surface area (Å²) < 4.78 is 127. The number of carbonyl (C=O) groups excluding carboxylic acids is 1. The van der Waals surface area contributed by atoms with Crippen LogP contribution in [-0.2, 0) is 28.0 Å². The van der Waals surface area contributed by atoms with E-state index in [2.05, 4.69) is 4.90 Å². The lowest BCUT2D eigenvalue weighted by atomic mass is 9.99. The molecule has 0 radical (unpaired) electrons. The number of carbonyl (C=O) groups is 1. The maximum atomic E-state index is 15.0. The van der Waals surface area contributed by atoms with Gasteiger partial charge in [-0.1, -0.05) is 66.2 Å². The number of fused-ring (bicyclic) bond motifs is 1. The molecule has 0 aromatic heterocycles. The summed E-state index contributed by atoms with van der Waals surface area (Å²) in [5, 5.41) is 11.0. The van der Waals surface area contributed by atoms with Crippen LogP contribution in [0, 0.1) is 18.6 Å². The predicted molar refractivity (Wildman–Crippen MR) is 198 cm³/mol. The second-order valence-electron chi connectivity index (χ2n) is 12.9. The molecular weight excluding hydrogens is 710 g/mol. The number of amides is 1. The first-order valence-electron chi connectivity index (χ1n) is 20.0. The van der Waals surface area contributed by atoms with E-state index in [0.29, 0.717) is 55.8 Å². The molecule has 6 nitrogen and oxygen atoms in total. The summed E-state index contributed by atoms with van der Waals surface area (Å²) in [5.41, 5.74) is -2.82. The van der Waals surface area contributed by atoms with E-state index in [1.165, 1.54) is 19.1 Å². The van der Waals surface area contributed by atoms with Gasteiger partial charge in [-0.25, -0.2) is 8.78 Å². The molecule has 0 aliphatic carbocycles. The van der Waals surface area contributed by atoms with Gasteiger partial charge in [-0.3, -0.25) is 4.79 Å². The van der Waals surface area contributed by atoms with Gasteiger partial charge in [0.15, 0.2) is 11.6 Å². The van der Waals surface area contributed by atoms with Gasteiger partial charge in [0.25, 0.3) is 0 Å². The monoisotopic (exact) mass is 757 g/mol. The molecule has 0 spiro atoms. The van der Waals surface area contributed by atoms with Crippen LogP contribution in [-0.4, -0.2) is 66.8 Å². The third-order valence-electron chi connectivity index (χ3n) is 9.28. The fourth-order valence-corrected chi connectivity index (χ4v) is 7.19. The maximum absolute atomic E-state index is 15.0. The Morgan fingerprint density at radius 2 is 1.72 bits per heavy atom. The molecule has 1 unspecified atom stereocenters. The molecule has 1 atom stereocenters. The van der Waals surface area contributed by atoms with Crippen molar-refractivity contribution in [1.82, 2.24) is 9.80 Å². The number of piperidine rings is 1. The molecule has 4 aromatic carbocycles. The van der Waals surface area contributed by atoms with Crippen LogP contribution in [0.5, 0.6) is 0 Å². The molecule has 4 aromatic rings. The molecule has 12 heteroatoms. The molecule has 280 valence electrons. The lowest BCUT2D eigenvalue weighted by Crippen LogP contribution is -2.50. The van der Waals surface area contributed by atoms with Crippen molar-refractivity contribution in [2.24, 2.45) is 0 Å². The quantitative estimate of drug-likeness (QED) is 0.146. The Morgan fingerprint density at radius 3 is 2.38 bits per heavy atom. The van der Waals surface area contributed by atoms with E-state index in [1.807, 2.05) is 0 Å². The topological polar surface area (TPSA) is 56.3 Å². The first-order valence-corrected chi connectivity index (χ1v) is 17.8. The summed E-state index contributed by atoms with van der Waals surface area (Å²) in [5.74, 6) is -3.33. The number of thioether (sulfide) groups is 1. The van der Waals surface area contributed by atoms with E-state index < -0.39 is 70.3 Å². The molecule has 1 fully saturated rings. The van der Waals surface area contributed by atoms with Crippen LogP contribution in [0.1, 0.15) is 55.0 Å². The largest absolute Gasteiger partial charge is 0.416 e. The van der Waals surface area contributed by atoms with E-state index >= 15 is 4.39 Å². The number of halogens is 5. The molecule has 0 bridgehead atoms. The summed E-state index contributed by atoms with van der Waals surface area (Å²) >= 11 is 0.237. The van der Waals surface area contributed by atoms with Crippen molar-refractivity contribution in [3.8, 4) is 11.1 Å². The Labute approximate surface area is 319 Å². The van der Waals surface area contributed by atoms with Crippen molar-refractivity contribution in [2.75, 3.05) is 44.8 Å². The Hall–Kier alpha value is -4.23. The molecule has 1 amide bonds. The average Bonchev–Trinajstić information content (AvgIpc) is 3.21. The molecule has 2 heterocycles. The highest BCUT2D eigenvalue weighted by Crippen LogP contribution is 2.41. The lowest BCUT2D eigenvalue weighted by molar-refractivity contribution is -0.137. The number of hydrogen-bond acceptors (Lipinski definition) is 6. The second-order valence-corrected chi connectivity index (χ2v) is 13.7. The van der Waals surface area contributed by atoms with Crippen LogP contribution in [0.4, 0.5) is 27.6 Å². The number of hydrogen-bond donors (Lipinski definition) is 1. The number of aliphatic hydroxyl groups excluding tert-OH is 1. The zero-order valence-corrected chi connectivity index (χ0v) is 29.9. The normalized spacial score (nSPS) is 18.8. The van der Waals surface area contributed by atoms with Crippen molar-refractivity contribution in [2.45, 2.75) is 50.3 Å². The maximum Gasteiger partial charge on any atom is 0.416 e. The van der Waals surface area contributed by atoms with Crippen molar-refractivity contribution in [3.63, 3.8) is 0 Å². The molecule has 2 aliphatic heterocycles. The van der Waals surface area contributed by atoms with Gasteiger partial charge in [-0.2, -0.15) is 13.2 Å². The van der Waals surface area contributed by atoms with E-state index in [9.17, 15) is 27.5 Å². The van der Waals surface area contributed by atoms with Crippen molar-refractivity contribution < 1.29 is 44.8 Å². The first-order chi connectivity index (χ1) is 27.8. The van der Waals surface area contributed by atoms with Crippen LogP contribution in [0.25, 0.3) is 11.1 Å². The summed E-state index contributed by atoms with van der Waals surface area (Å²) in [6, 6.07) is 12.5. The molecule has 2 aliphatic rings. The molecule has 6 rings (SSSR count). The lowest BCUT2D eigenvalue weighted by Gasteiger charge is -2.40. The third-order valence-corrected chi connectivity index (χ3v) is 10.1. The van der Waals surface area contributed by atoms with Crippen LogP contribution < -0.4 is 4.90 Å². The Bertz CT molecular complexity index is 2220.